The number of ether oxygens (including phenoxy) is 1. The summed E-state index contributed by atoms with van der Waals surface area (Å²) in [6, 6.07) is 4.51. The topological polar surface area (TPSA) is 26.3 Å². The number of carbonyl (C=O) groups is 1. The van der Waals surface area contributed by atoms with Crippen LogP contribution in [0, 0.1) is 0 Å². The van der Waals surface area contributed by atoms with E-state index < -0.39 is 12.3 Å². The van der Waals surface area contributed by atoms with Crippen molar-refractivity contribution >= 4 is 5.78 Å². The van der Waals surface area contributed by atoms with Crippen LogP contribution in [0.2, 0.25) is 0 Å². The van der Waals surface area contributed by atoms with Crippen LogP contribution in [-0.4, -0.2) is 18.1 Å². The molecule has 1 aliphatic rings. The number of halogens is 3. The number of rotatable bonds is 2. The Bertz CT molecular complexity index is 466. The highest BCUT2D eigenvalue weighted by Gasteiger charge is 2.38. The van der Waals surface area contributed by atoms with Gasteiger partial charge < -0.3 is 4.74 Å². The highest BCUT2D eigenvalue weighted by Crippen LogP contribution is 2.29. The molecule has 0 heterocycles. The smallest absolute Gasteiger partial charge is 0.425 e. The van der Waals surface area contributed by atoms with Gasteiger partial charge in [-0.05, 0) is 43.5 Å². The monoisotopic (exact) mass is 258 g/mol. The molecule has 18 heavy (non-hydrogen) atoms. The maximum atomic E-state index is 12.4. The van der Waals surface area contributed by atoms with Crippen molar-refractivity contribution in [1.82, 2.24) is 0 Å². The Kier molecular flexibility index (Phi) is 3.32. The molecule has 2 rings (SSSR count). The van der Waals surface area contributed by atoms with E-state index in [1.165, 1.54) is 12.1 Å². The van der Waals surface area contributed by atoms with Crippen LogP contribution in [0.4, 0.5) is 13.2 Å². The molecule has 0 aromatic heterocycles. The molecule has 0 aliphatic heterocycles. The third-order valence-corrected chi connectivity index (χ3v) is 3.00. The van der Waals surface area contributed by atoms with Crippen LogP contribution in [0.3, 0.4) is 0 Å². The lowest BCUT2D eigenvalue weighted by atomic mass is 9.90. The number of benzene rings is 1. The third-order valence-electron chi connectivity index (χ3n) is 3.00. The van der Waals surface area contributed by atoms with Gasteiger partial charge in [-0.25, -0.2) is 0 Å². The number of fused-ring (bicyclic) bond motifs is 1. The van der Waals surface area contributed by atoms with Gasteiger partial charge in [0, 0.05) is 12.0 Å². The van der Waals surface area contributed by atoms with Crippen LogP contribution < -0.4 is 4.74 Å². The zero-order valence-corrected chi connectivity index (χ0v) is 9.88. The van der Waals surface area contributed by atoms with Gasteiger partial charge in [0.25, 0.3) is 0 Å². The zero-order chi connectivity index (χ0) is 13.3. The lowest BCUT2D eigenvalue weighted by molar-refractivity contribution is -0.189. The summed E-state index contributed by atoms with van der Waals surface area (Å²) in [5.74, 6) is 0.208. The summed E-state index contributed by atoms with van der Waals surface area (Å²) < 4.78 is 41.9. The first-order valence-corrected chi connectivity index (χ1v) is 5.77. The fourth-order valence-corrected chi connectivity index (χ4v) is 1.97. The molecule has 0 radical (unpaired) electrons. The summed E-state index contributed by atoms with van der Waals surface area (Å²) in [5.41, 5.74) is 1.38. The molecule has 2 nitrogen and oxygen atoms in total. The Hall–Kier alpha value is -1.52. The van der Waals surface area contributed by atoms with Gasteiger partial charge >= 0.3 is 6.18 Å². The van der Waals surface area contributed by atoms with Gasteiger partial charge in [-0.3, -0.25) is 4.79 Å². The number of alkyl halides is 3. The van der Waals surface area contributed by atoms with Crippen LogP contribution in [0.5, 0.6) is 5.75 Å². The number of carbonyl (C=O) groups excluding carboxylic acids is 1. The Morgan fingerprint density at radius 1 is 1.28 bits per heavy atom. The van der Waals surface area contributed by atoms with Crippen molar-refractivity contribution < 1.29 is 22.7 Å². The Morgan fingerprint density at radius 3 is 2.67 bits per heavy atom. The minimum atomic E-state index is -4.38. The molecule has 1 unspecified atom stereocenters. The molecule has 0 saturated carbocycles. The maximum Gasteiger partial charge on any atom is 0.425 e. The molecule has 0 saturated heterocycles. The number of aryl methyl sites for hydroxylation is 1. The molecule has 98 valence electrons. The van der Waals surface area contributed by atoms with Crippen molar-refractivity contribution in [3.05, 3.63) is 29.3 Å². The van der Waals surface area contributed by atoms with E-state index in [1.54, 1.807) is 6.07 Å². The first-order valence-electron chi connectivity index (χ1n) is 5.77. The van der Waals surface area contributed by atoms with E-state index in [4.69, 9.17) is 4.74 Å². The quantitative estimate of drug-likeness (QED) is 0.811. The average Bonchev–Trinajstić information content (AvgIpc) is 2.28. The lowest BCUT2D eigenvalue weighted by Crippen LogP contribution is -2.31. The second kappa shape index (κ2) is 4.63. The molecule has 1 aliphatic carbocycles. The molecule has 1 aromatic carbocycles. The highest BCUT2D eigenvalue weighted by atomic mass is 19.4. The summed E-state index contributed by atoms with van der Waals surface area (Å²) in [6.45, 7) is 0.963. The minimum absolute atomic E-state index is 0.0478. The predicted octanol–water partition coefficient (Wildman–Crippen LogP) is 3.54. The fourth-order valence-electron chi connectivity index (χ4n) is 1.97. The number of hydrogen-bond donors (Lipinski definition) is 0. The van der Waals surface area contributed by atoms with Crippen LogP contribution >= 0.6 is 0 Å². The minimum Gasteiger partial charge on any atom is -0.481 e. The Balaban J connectivity index is 2.19. The SMILES string of the molecule is CC(Oc1ccc2c(c1)CCCC2=O)C(F)(F)F. The molecule has 0 spiro atoms. The summed E-state index contributed by atoms with van der Waals surface area (Å²) >= 11 is 0. The summed E-state index contributed by atoms with van der Waals surface area (Å²) in [5, 5.41) is 0. The predicted molar refractivity (Wildman–Crippen MR) is 59.9 cm³/mol. The largest absolute Gasteiger partial charge is 0.481 e. The lowest BCUT2D eigenvalue weighted by Gasteiger charge is -2.20. The number of Topliss-reactive ketones (excluding diaryl/α,β-unsaturated/α-hetero) is 1. The van der Waals surface area contributed by atoms with Gasteiger partial charge in [0.15, 0.2) is 11.9 Å². The molecule has 1 aromatic rings. The summed E-state index contributed by atoms with van der Waals surface area (Å²) in [4.78, 5) is 11.6. The van der Waals surface area contributed by atoms with E-state index in [2.05, 4.69) is 0 Å². The molecular weight excluding hydrogens is 245 g/mol. The van der Waals surface area contributed by atoms with Gasteiger partial charge in [0.1, 0.15) is 5.75 Å². The van der Waals surface area contributed by atoms with Crippen molar-refractivity contribution in [1.29, 1.82) is 0 Å². The maximum absolute atomic E-state index is 12.4. The van der Waals surface area contributed by atoms with Crippen molar-refractivity contribution in [3.63, 3.8) is 0 Å². The van der Waals surface area contributed by atoms with Crippen LogP contribution in [-0.2, 0) is 6.42 Å². The van der Waals surface area contributed by atoms with Crippen molar-refractivity contribution in [2.75, 3.05) is 0 Å². The molecule has 1 atom stereocenters. The van der Waals surface area contributed by atoms with Gasteiger partial charge in [-0.1, -0.05) is 0 Å². The van der Waals surface area contributed by atoms with E-state index in [-0.39, 0.29) is 11.5 Å². The molecule has 0 N–H and O–H groups in total. The Morgan fingerprint density at radius 2 is 2.00 bits per heavy atom. The van der Waals surface area contributed by atoms with Crippen LogP contribution in [0.1, 0.15) is 35.7 Å². The van der Waals surface area contributed by atoms with Crippen molar-refractivity contribution in [2.24, 2.45) is 0 Å². The van der Waals surface area contributed by atoms with Gasteiger partial charge in [-0.15, -0.1) is 0 Å². The second-order valence-corrected chi connectivity index (χ2v) is 4.40. The van der Waals surface area contributed by atoms with Crippen LogP contribution in [0.25, 0.3) is 0 Å². The van der Waals surface area contributed by atoms with Gasteiger partial charge in [0.2, 0.25) is 0 Å². The van der Waals surface area contributed by atoms with Crippen LogP contribution in [0.15, 0.2) is 18.2 Å². The average molecular weight is 258 g/mol. The zero-order valence-electron chi connectivity index (χ0n) is 9.88. The van der Waals surface area contributed by atoms with Crippen molar-refractivity contribution in [2.45, 2.75) is 38.5 Å². The number of hydrogen-bond acceptors (Lipinski definition) is 2. The molecule has 0 amide bonds. The molecule has 0 fully saturated rings. The summed E-state index contributed by atoms with van der Waals surface area (Å²) in [7, 11) is 0. The normalized spacial score (nSPS) is 17.2. The van der Waals surface area contributed by atoms with Gasteiger partial charge in [-0.2, -0.15) is 13.2 Å². The number of ketones is 1. The second-order valence-electron chi connectivity index (χ2n) is 4.40. The van der Waals surface area contributed by atoms with E-state index in [9.17, 15) is 18.0 Å². The van der Waals surface area contributed by atoms with Crippen molar-refractivity contribution in [3.8, 4) is 5.75 Å². The standard InChI is InChI=1S/C13H13F3O2/c1-8(13(14,15)16)18-10-5-6-11-9(7-10)3-2-4-12(11)17/h5-8H,2-4H2,1H3. The first-order chi connectivity index (χ1) is 8.38. The molecular formula is C13H13F3O2. The van der Waals surface area contributed by atoms with E-state index in [0.717, 1.165) is 18.9 Å². The highest BCUT2D eigenvalue weighted by molar-refractivity contribution is 5.98. The first kappa shape index (κ1) is 12.9. The van der Waals surface area contributed by atoms with E-state index in [0.29, 0.717) is 18.4 Å². The Labute approximate surface area is 103 Å². The molecule has 0 bridgehead atoms. The fraction of sp³-hybridized carbons (Fsp3) is 0.462. The van der Waals surface area contributed by atoms with E-state index in [1.807, 2.05) is 0 Å². The van der Waals surface area contributed by atoms with Gasteiger partial charge in [0.05, 0.1) is 0 Å². The molecule has 5 heteroatoms. The summed E-state index contributed by atoms with van der Waals surface area (Å²) in [6.07, 6.45) is -4.28. The third kappa shape index (κ3) is 2.66. The van der Waals surface area contributed by atoms with E-state index >= 15 is 0 Å².